The molecule has 7 heteroatoms. The van der Waals surface area contributed by atoms with Crippen molar-refractivity contribution in [2.24, 2.45) is 5.73 Å². The summed E-state index contributed by atoms with van der Waals surface area (Å²) in [5.74, 6) is 0. The van der Waals surface area contributed by atoms with Crippen LogP contribution >= 0.6 is 15.9 Å². The van der Waals surface area contributed by atoms with Crippen LogP contribution in [0.3, 0.4) is 0 Å². The molecule has 0 saturated carbocycles. The van der Waals surface area contributed by atoms with Crippen LogP contribution < -0.4 is 10.5 Å². The van der Waals surface area contributed by atoms with Gasteiger partial charge in [0.15, 0.2) is 0 Å². The molecule has 21 heavy (non-hydrogen) atoms. The van der Waals surface area contributed by atoms with E-state index < -0.39 is 10.0 Å². The Morgan fingerprint density at radius 2 is 1.95 bits per heavy atom. The number of aryl methyl sites for hydroxylation is 1. The van der Waals surface area contributed by atoms with Crippen molar-refractivity contribution < 1.29 is 8.42 Å². The number of halogens is 1. The second kappa shape index (κ2) is 6.65. The lowest BCUT2D eigenvalue weighted by Crippen LogP contribution is -2.23. The van der Waals surface area contributed by atoms with E-state index >= 15 is 0 Å². The summed E-state index contributed by atoms with van der Waals surface area (Å²) in [5, 5.41) is 0. The molecule has 112 valence electrons. The average molecular weight is 370 g/mol. The molecule has 0 fully saturated rings. The monoisotopic (exact) mass is 369 g/mol. The van der Waals surface area contributed by atoms with Crippen LogP contribution in [0.5, 0.6) is 0 Å². The van der Waals surface area contributed by atoms with Crippen LogP contribution in [0.1, 0.15) is 16.8 Å². The zero-order valence-corrected chi connectivity index (χ0v) is 13.9. The second-order valence-electron chi connectivity index (χ2n) is 4.60. The summed E-state index contributed by atoms with van der Waals surface area (Å²) < 4.78 is 27.7. The lowest BCUT2D eigenvalue weighted by Gasteiger charge is -2.09. The first kappa shape index (κ1) is 16.1. The molecule has 0 spiro atoms. The van der Waals surface area contributed by atoms with Crippen molar-refractivity contribution in [1.29, 1.82) is 0 Å². The zero-order valence-electron chi connectivity index (χ0n) is 11.5. The predicted molar refractivity (Wildman–Crippen MR) is 85.0 cm³/mol. The quantitative estimate of drug-likeness (QED) is 0.844. The number of sulfonamides is 1. The van der Waals surface area contributed by atoms with Crippen molar-refractivity contribution >= 4 is 26.0 Å². The van der Waals surface area contributed by atoms with Crippen LogP contribution in [0, 0.1) is 6.92 Å². The Labute approximate surface area is 132 Å². The minimum absolute atomic E-state index is 0.194. The number of pyridine rings is 1. The van der Waals surface area contributed by atoms with Gasteiger partial charge in [-0.15, -0.1) is 0 Å². The third kappa shape index (κ3) is 4.10. The third-order valence-electron chi connectivity index (χ3n) is 2.96. The Hall–Kier alpha value is -1.28. The Morgan fingerprint density at radius 3 is 2.52 bits per heavy atom. The summed E-state index contributed by atoms with van der Waals surface area (Å²) in [6.45, 7) is 2.44. The number of nitrogens with two attached hydrogens (primary N) is 1. The molecule has 0 atom stereocenters. The maximum Gasteiger partial charge on any atom is 0.241 e. The Morgan fingerprint density at radius 1 is 1.24 bits per heavy atom. The van der Waals surface area contributed by atoms with Gasteiger partial charge in [-0.3, -0.25) is 4.98 Å². The van der Waals surface area contributed by atoms with Gasteiger partial charge in [0, 0.05) is 29.5 Å². The summed E-state index contributed by atoms with van der Waals surface area (Å²) in [4.78, 5) is 4.33. The minimum Gasteiger partial charge on any atom is -0.326 e. The molecular weight excluding hydrogens is 354 g/mol. The van der Waals surface area contributed by atoms with Crippen LogP contribution in [0.15, 0.2) is 45.9 Å². The summed E-state index contributed by atoms with van der Waals surface area (Å²) in [7, 11) is -3.59. The van der Waals surface area contributed by atoms with Crippen LogP contribution in [0.25, 0.3) is 0 Å². The lowest BCUT2D eigenvalue weighted by atomic mass is 10.2. The van der Waals surface area contributed by atoms with Gasteiger partial charge in [0.2, 0.25) is 10.0 Å². The predicted octanol–water partition coefficient (Wildman–Crippen LogP) is 2.09. The molecular formula is C14H16BrN3O2S. The highest BCUT2D eigenvalue weighted by molar-refractivity contribution is 9.10. The summed E-state index contributed by atoms with van der Waals surface area (Å²) in [5.41, 5.74) is 8.09. The average Bonchev–Trinajstić information content (AvgIpc) is 2.46. The van der Waals surface area contributed by atoms with Gasteiger partial charge in [0.1, 0.15) is 0 Å². The number of rotatable bonds is 5. The molecule has 0 aliphatic carbocycles. The Kier molecular flexibility index (Phi) is 5.10. The first-order valence-electron chi connectivity index (χ1n) is 6.32. The molecule has 2 rings (SSSR count). The first-order chi connectivity index (χ1) is 9.92. The van der Waals surface area contributed by atoms with Gasteiger partial charge in [0.25, 0.3) is 0 Å². The number of aromatic nitrogens is 1. The fourth-order valence-corrected chi connectivity index (χ4v) is 3.89. The standard InChI is InChI=1S/C14H16BrN3O2S/c1-10-2-3-12(8-17-10)9-18-21(19,20)14-5-4-11(7-16)6-13(14)15/h2-6,8,18H,7,9,16H2,1H3. The fraction of sp³-hybridized carbons (Fsp3) is 0.214. The zero-order chi connectivity index (χ0) is 15.5. The molecule has 0 aliphatic rings. The smallest absolute Gasteiger partial charge is 0.241 e. The van der Waals surface area contributed by atoms with E-state index in [9.17, 15) is 8.42 Å². The second-order valence-corrected chi connectivity index (χ2v) is 7.19. The van der Waals surface area contributed by atoms with E-state index in [1.54, 1.807) is 24.4 Å². The SMILES string of the molecule is Cc1ccc(CNS(=O)(=O)c2ccc(CN)cc2Br)cn1. The van der Waals surface area contributed by atoms with E-state index in [0.29, 0.717) is 11.0 Å². The van der Waals surface area contributed by atoms with E-state index in [1.165, 1.54) is 0 Å². The summed E-state index contributed by atoms with van der Waals surface area (Å²) in [6.07, 6.45) is 1.66. The lowest BCUT2D eigenvalue weighted by molar-refractivity contribution is 0.580. The maximum absolute atomic E-state index is 12.3. The van der Waals surface area contributed by atoms with Gasteiger partial charge in [-0.1, -0.05) is 12.1 Å². The van der Waals surface area contributed by atoms with Crippen molar-refractivity contribution in [3.63, 3.8) is 0 Å². The molecule has 0 aliphatic heterocycles. The highest BCUT2D eigenvalue weighted by Gasteiger charge is 2.17. The van der Waals surface area contributed by atoms with Crippen molar-refractivity contribution in [2.45, 2.75) is 24.9 Å². The molecule has 0 unspecified atom stereocenters. The molecule has 1 aromatic heterocycles. The van der Waals surface area contributed by atoms with Gasteiger partial charge in [-0.25, -0.2) is 13.1 Å². The number of hydrogen-bond donors (Lipinski definition) is 2. The fourth-order valence-electron chi connectivity index (χ4n) is 1.75. The van der Waals surface area contributed by atoms with Crippen LogP contribution in [-0.2, 0) is 23.1 Å². The molecule has 3 N–H and O–H groups in total. The van der Waals surface area contributed by atoms with Crippen molar-refractivity contribution in [3.05, 3.63) is 57.8 Å². The number of nitrogens with zero attached hydrogens (tertiary/aromatic N) is 1. The van der Waals surface area contributed by atoms with Gasteiger partial charge in [-0.05, 0) is 52.2 Å². The van der Waals surface area contributed by atoms with Crippen LogP contribution in [0.2, 0.25) is 0 Å². The number of nitrogens with one attached hydrogen (secondary N) is 1. The third-order valence-corrected chi connectivity index (χ3v) is 5.34. The van der Waals surface area contributed by atoms with Gasteiger partial charge in [-0.2, -0.15) is 0 Å². The van der Waals surface area contributed by atoms with Gasteiger partial charge >= 0.3 is 0 Å². The van der Waals surface area contributed by atoms with E-state index in [4.69, 9.17) is 5.73 Å². The molecule has 1 aromatic carbocycles. The summed E-state index contributed by atoms with van der Waals surface area (Å²) >= 11 is 3.27. The van der Waals surface area contributed by atoms with Crippen molar-refractivity contribution in [3.8, 4) is 0 Å². The minimum atomic E-state index is -3.59. The van der Waals surface area contributed by atoms with Crippen molar-refractivity contribution in [2.75, 3.05) is 0 Å². The first-order valence-corrected chi connectivity index (χ1v) is 8.59. The highest BCUT2D eigenvalue weighted by atomic mass is 79.9. The molecule has 2 aromatic rings. The molecule has 0 amide bonds. The Bertz CT molecular complexity index is 730. The van der Waals surface area contributed by atoms with E-state index in [0.717, 1.165) is 16.8 Å². The van der Waals surface area contributed by atoms with Gasteiger partial charge in [0.05, 0.1) is 4.90 Å². The molecule has 0 radical (unpaired) electrons. The van der Waals surface area contributed by atoms with Crippen LogP contribution in [0.4, 0.5) is 0 Å². The number of hydrogen-bond acceptors (Lipinski definition) is 4. The number of benzene rings is 1. The largest absolute Gasteiger partial charge is 0.326 e. The summed E-state index contributed by atoms with van der Waals surface area (Å²) in [6, 6.07) is 8.64. The van der Waals surface area contributed by atoms with Crippen LogP contribution in [-0.4, -0.2) is 13.4 Å². The molecule has 5 nitrogen and oxygen atoms in total. The highest BCUT2D eigenvalue weighted by Crippen LogP contribution is 2.23. The molecule has 1 heterocycles. The van der Waals surface area contributed by atoms with Crippen molar-refractivity contribution in [1.82, 2.24) is 9.71 Å². The van der Waals surface area contributed by atoms with E-state index in [1.807, 2.05) is 19.1 Å². The topological polar surface area (TPSA) is 85.1 Å². The maximum atomic E-state index is 12.3. The van der Waals surface area contributed by atoms with E-state index in [2.05, 4.69) is 25.6 Å². The molecule has 0 saturated heterocycles. The normalized spacial score (nSPS) is 11.6. The van der Waals surface area contributed by atoms with Gasteiger partial charge < -0.3 is 5.73 Å². The molecule has 0 bridgehead atoms. The Balaban J connectivity index is 2.16. The van der Waals surface area contributed by atoms with E-state index in [-0.39, 0.29) is 11.4 Å².